The molecule has 0 saturated carbocycles. The van der Waals surface area contributed by atoms with Gasteiger partial charge in [0, 0.05) is 17.2 Å². The fourth-order valence-electron chi connectivity index (χ4n) is 1.42. The third-order valence-electron chi connectivity index (χ3n) is 2.39. The summed E-state index contributed by atoms with van der Waals surface area (Å²) in [5.41, 5.74) is 1.46. The number of carbonyl (C=O) groups excluding carboxylic acids is 1. The maximum Gasteiger partial charge on any atom is 0.311 e. The van der Waals surface area contributed by atoms with E-state index in [0.29, 0.717) is 23.0 Å². The Hall–Kier alpha value is -1.91. The Morgan fingerprint density at radius 2 is 2.00 bits per heavy atom. The standard InChI is InChI=1S/C10H11NO4/c1-6-7(2)10(15-3)9(11(13)14)4-8(6)5-12/h4-5H,1-3H3. The van der Waals surface area contributed by atoms with Crippen molar-refractivity contribution in [3.05, 3.63) is 32.9 Å². The van der Waals surface area contributed by atoms with Crippen LogP contribution in [0, 0.1) is 24.0 Å². The quantitative estimate of drug-likeness (QED) is 0.434. The molecule has 80 valence electrons. The van der Waals surface area contributed by atoms with Crippen molar-refractivity contribution in [2.75, 3.05) is 7.11 Å². The van der Waals surface area contributed by atoms with Gasteiger partial charge in [0.05, 0.1) is 12.0 Å². The van der Waals surface area contributed by atoms with Crippen LogP contribution >= 0.6 is 0 Å². The summed E-state index contributed by atoms with van der Waals surface area (Å²) in [6.45, 7) is 3.42. The lowest BCUT2D eigenvalue weighted by Crippen LogP contribution is -2.00. The molecule has 0 bridgehead atoms. The van der Waals surface area contributed by atoms with Crippen molar-refractivity contribution in [3.8, 4) is 5.75 Å². The Labute approximate surface area is 86.8 Å². The summed E-state index contributed by atoms with van der Waals surface area (Å²) in [6.07, 6.45) is 0.606. The molecular weight excluding hydrogens is 198 g/mol. The van der Waals surface area contributed by atoms with Gasteiger partial charge in [0.25, 0.3) is 0 Å². The van der Waals surface area contributed by atoms with Crippen LogP contribution in [0.25, 0.3) is 0 Å². The van der Waals surface area contributed by atoms with Gasteiger partial charge in [-0.1, -0.05) is 0 Å². The van der Waals surface area contributed by atoms with Crippen LogP contribution in [0.1, 0.15) is 21.5 Å². The second-order valence-corrected chi connectivity index (χ2v) is 3.14. The maximum atomic E-state index is 10.7. The average molecular weight is 209 g/mol. The van der Waals surface area contributed by atoms with E-state index in [1.165, 1.54) is 13.2 Å². The zero-order valence-electron chi connectivity index (χ0n) is 8.73. The first-order valence-electron chi connectivity index (χ1n) is 4.30. The number of hydrogen-bond donors (Lipinski definition) is 0. The lowest BCUT2D eigenvalue weighted by atomic mass is 10.0. The topological polar surface area (TPSA) is 69.4 Å². The van der Waals surface area contributed by atoms with Crippen LogP contribution in [0.4, 0.5) is 5.69 Å². The first-order valence-corrected chi connectivity index (χ1v) is 4.30. The minimum absolute atomic E-state index is 0.178. The lowest BCUT2D eigenvalue weighted by molar-refractivity contribution is -0.385. The summed E-state index contributed by atoms with van der Waals surface area (Å²) in [5.74, 6) is 0.211. The van der Waals surface area contributed by atoms with Crippen LogP contribution in [-0.2, 0) is 0 Å². The number of rotatable bonds is 3. The van der Waals surface area contributed by atoms with Crippen molar-refractivity contribution in [2.24, 2.45) is 0 Å². The van der Waals surface area contributed by atoms with Crippen molar-refractivity contribution in [2.45, 2.75) is 13.8 Å². The normalized spacial score (nSPS) is 9.80. The van der Waals surface area contributed by atoms with Gasteiger partial charge >= 0.3 is 5.69 Å². The minimum atomic E-state index is -0.557. The highest BCUT2D eigenvalue weighted by Gasteiger charge is 2.20. The van der Waals surface area contributed by atoms with E-state index < -0.39 is 4.92 Å². The fourth-order valence-corrected chi connectivity index (χ4v) is 1.42. The number of benzene rings is 1. The number of nitro benzene ring substituents is 1. The molecule has 15 heavy (non-hydrogen) atoms. The number of nitro groups is 1. The molecule has 0 heterocycles. The Morgan fingerprint density at radius 3 is 2.40 bits per heavy atom. The summed E-state index contributed by atoms with van der Waals surface area (Å²) in [5, 5.41) is 10.7. The molecule has 1 rings (SSSR count). The molecule has 0 unspecified atom stereocenters. The second kappa shape index (κ2) is 4.08. The van der Waals surface area contributed by atoms with E-state index in [2.05, 4.69) is 0 Å². The van der Waals surface area contributed by atoms with Crippen molar-refractivity contribution in [1.29, 1.82) is 0 Å². The van der Waals surface area contributed by atoms with Gasteiger partial charge in [0.15, 0.2) is 12.0 Å². The van der Waals surface area contributed by atoms with Crippen molar-refractivity contribution < 1.29 is 14.5 Å². The monoisotopic (exact) mass is 209 g/mol. The Kier molecular flexibility index (Phi) is 3.04. The van der Waals surface area contributed by atoms with E-state index in [1.54, 1.807) is 13.8 Å². The predicted octanol–water partition coefficient (Wildman–Crippen LogP) is 2.03. The van der Waals surface area contributed by atoms with E-state index in [0.717, 1.165) is 0 Å². The second-order valence-electron chi connectivity index (χ2n) is 3.14. The molecule has 0 aliphatic carbocycles. The highest BCUT2D eigenvalue weighted by atomic mass is 16.6. The largest absolute Gasteiger partial charge is 0.490 e. The summed E-state index contributed by atoms with van der Waals surface area (Å²) in [4.78, 5) is 20.9. The molecule has 0 atom stereocenters. The molecule has 0 amide bonds. The zero-order valence-corrected chi connectivity index (χ0v) is 8.73. The molecule has 1 aromatic rings. The summed E-state index contributed by atoms with van der Waals surface area (Å²) in [6, 6.07) is 1.23. The molecule has 0 aliphatic heterocycles. The molecule has 0 radical (unpaired) electrons. The van der Waals surface area contributed by atoms with E-state index in [-0.39, 0.29) is 11.4 Å². The lowest BCUT2D eigenvalue weighted by Gasteiger charge is -2.09. The summed E-state index contributed by atoms with van der Waals surface area (Å²) >= 11 is 0. The van der Waals surface area contributed by atoms with Crippen molar-refractivity contribution in [1.82, 2.24) is 0 Å². The molecule has 1 aromatic carbocycles. The molecule has 5 nitrogen and oxygen atoms in total. The predicted molar refractivity (Wildman–Crippen MR) is 54.5 cm³/mol. The molecule has 0 aliphatic rings. The van der Waals surface area contributed by atoms with Crippen LogP contribution in [0.5, 0.6) is 5.75 Å². The fraction of sp³-hybridized carbons (Fsp3) is 0.300. The van der Waals surface area contributed by atoms with Gasteiger partial charge in [0.1, 0.15) is 0 Å². The van der Waals surface area contributed by atoms with Crippen LogP contribution in [0.3, 0.4) is 0 Å². The van der Waals surface area contributed by atoms with E-state index in [4.69, 9.17) is 4.74 Å². The smallest absolute Gasteiger partial charge is 0.311 e. The maximum absolute atomic E-state index is 10.7. The molecule has 0 N–H and O–H groups in total. The average Bonchev–Trinajstić information content (AvgIpc) is 2.21. The van der Waals surface area contributed by atoms with Crippen molar-refractivity contribution in [3.63, 3.8) is 0 Å². The first kappa shape index (κ1) is 11.2. The van der Waals surface area contributed by atoms with Gasteiger partial charge in [-0.05, 0) is 19.4 Å². The van der Waals surface area contributed by atoms with Gasteiger partial charge in [0.2, 0.25) is 0 Å². The first-order chi connectivity index (χ1) is 7.02. The third-order valence-corrected chi connectivity index (χ3v) is 2.39. The summed E-state index contributed by atoms with van der Waals surface area (Å²) < 4.78 is 4.96. The van der Waals surface area contributed by atoms with E-state index in [9.17, 15) is 14.9 Å². The van der Waals surface area contributed by atoms with Gasteiger partial charge in [-0.3, -0.25) is 14.9 Å². The highest BCUT2D eigenvalue weighted by molar-refractivity contribution is 5.81. The Bertz CT molecular complexity index is 426. The third kappa shape index (κ3) is 1.81. The van der Waals surface area contributed by atoms with Gasteiger partial charge in [-0.25, -0.2) is 0 Å². The summed E-state index contributed by atoms with van der Waals surface area (Å²) in [7, 11) is 1.37. The number of carbonyl (C=O) groups is 1. The Morgan fingerprint density at radius 1 is 1.40 bits per heavy atom. The zero-order chi connectivity index (χ0) is 11.6. The molecule has 5 heteroatoms. The Balaban J connectivity index is 3.58. The number of hydrogen-bond acceptors (Lipinski definition) is 4. The molecule has 0 fully saturated rings. The van der Waals surface area contributed by atoms with Gasteiger partial charge in [-0.15, -0.1) is 0 Å². The molecule has 0 spiro atoms. The molecular formula is C10H11NO4. The van der Waals surface area contributed by atoms with Crippen LogP contribution in [0.2, 0.25) is 0 Å². The van der Waals surface area contributed by atoms with Crippen molar-refractivity contribution >= 4 is 12.0 Å². The van der Waals surface area contributed by atoms with Gasteiger partial charge < -0.3 is 4.74 Å². The van der Waals surface area contributed by atoms with Crippen LogP contribution in [0.15, 0.2) is 6.07 Å². The van der Waals surface area contributed by atoms with E-state index >= 15 is 0 Å². The van der Waals surface area contributed by atoms with Crippen LogP contribution < -0.4 is 4.74 Å². The SMILES string of the molecule is COc1c([N+](=O)[O-])cc(C=O)c(C)c1C. The van der Waals surface area contributed by atoms with Gasteiger partial charge in [-0.2, -0.15) is 0 Å². The number of ether oxygens (including phenoxy) is 1. The minimum Gasteiger partial charge on any atom is -0.490 e. The highest BCUT2D eigenvalue weighted by Crippen LogP contribution is 2.34. The van der Waals surface area contributed by atoms with Crippen LogP contribution in [-0.4, -0.2) is 18.3 Å². The number of nitrogens with zero attached hydrogens (tertiary/aromatic N) is 1. The number of aldehydes is 1. The molecule has 0 saturated heterocycles. The number of methoxy groups -OCH3 is 1. The molecule has 0 aromatic heterocycles. The van der Waals surface area contributed by atoms with E-state index in [1.807, 2.05) is 0 Å².